The van der Waals surface area contributed by atoms with Gasteiger partial charge in [0.1, 0.15) is 5.82 Å². The normalized spacial score (nSPS) is 10.4. The van der Waals surface area contributed by atoms with Crippen LogP contribution >= 0.6 is 0 Å². The zero-order valence-corrected chi connectivity index (χ0v) is 10.4. The number of aromatic nitrogens is 4. The van der Waals surface area contributed by atoms with Gasteiger partial charge in [0.2, 0.25) is 5.78 Å². The molecule has 0 unspecified atom stereocenters. The van der Waals surface area contributed by atoms with Crippen molar-refractivity contribution in [1.82, 2.24) is 19.9 Å². The Morgan fingerprint density at radius 1 is 1.10 bits per heavy atom. The highest BCUT2D eigenvalue weighted by atomic mass is 16.3. The zero-order valence-electron chi connectivity index (χ0n) is 10.4. The lowest BCUT2D eigenvalue weighted by Crippen LogP contribution is -2.06. The second-order valence-electron chi connectivity index (χ2n) is 4.07. The zero-order chi connectivity index (χ0) is 13.8. The molecule has 6 heteroatoms. The molecular formula is C14H10N4O2. The largest absolute Gasteiger partial charge is 0.440 e. The summed E-state index contributed by atoms with van der Waals surface area (Å²) in [7, 11) is 0. The summed E-state index contributed by atoms with van der Waals surface area (Å²) in [4.78, 5) is 28.1. The van der Waals surface area contributed by atoms with Crippen LogP contribution in [0.1, 0.15) is 16.4 Å². The molecule has 20 heavy (non-hydrogen) atoms. The van der Waals surface area contributed by atoms with Gasteiger partial charge >= 0.3 is 0 Å². The SMILES string of the molecule is O=C(Cc1ncc(-c2ccccn2)cn1)c1cnco1. The van der Waals surface area contributed by atoms with E-state index in [-0.39, 0.29) is 18.0 Å². The Bertz CT molecular complexity index is 694. The number of carbonyl (C=O) groups is 1. The molecule has 0 saturated carbocycles. The first-order chi connectivity index (χ1) is 9.83. The van der Waals surface area contributed by atoms with E-state index in [1.165, 1.54) is 12.6 Å². The van der Waals surface area contributed by atoms with Gasteiger partial charge in [-0.2, -0.15) is 0 Å². The van der Waals surface area contributed by atoms with Crippen LogP contribution < -0.4 is 0 Å². The third-order valence-electron chi connectivity index (χ3n) is 2.69. The minimum atomic E-state index is -0.201. The number of pyridine rings is 1. The predicted octanol–water partition coefficient (Wildman–Crippen LogP) is 1.95. The van der Waals surface area contributed by atoms with Crippen molar-refractivity contribution in [2.45, 2.75) is 6.42 Å². The fraction of sp³-hybridized carbons (Fsp3) is 0.0714. The Morgan fingerprint density at radius 2 is 1.95 bits per heavy atom. The van der Waals surface area contributed by atoms with Gasteiger partial charge in [-0.05, 0) is 12.1 Å². The van der Waals surface area contributed by atoms with Gasteiger partial charge in [-0.15, -0.1) is 0 Å². The van der Waals surface area contributed by atoms with Crippen molar-refractivity contribution < 1.29 is 9.21 Å². The molecule has 0 aliphatic carbocycles. The summed E-state index contributed by atoms with van der Waals surface area (Å²) >= 11 is 0. The molecule has 3 heterocycles. The van der Waals surface area contributed by atoms with Gasteiger partial charge in [0.05, 0.1) is 18.3 Å². The monoisotopic (exact) mass is 266 g/mol. The van der Waals surface area contributed by atoms with E-state index in [1.54, 1.807) is 18.6 Å². The van der Waals surface area contributed by atoms with Crippen molar-refractivity contribution in [2.24, 2.45) is 0 Å². The maximum Gasteiger partial charge on any atom is 0.207 e. The molecule has 6 nitrogen and oxygen atoms in total. The van der Waals surface area contributed by atoms with Crippen LogP contribution in [0.25, 0.3) is 11.3 Å². The van der Waals surface area contributed by atoms with Gasteiger partial charge in [0.15, 0.2) is 12.2 Å². The fourth-order valence-electron chi connectivity index (χ4n) is 1.70. The van der Waals surface area contributed by atoms with Crippen molar-refractivity contribution in [3.8, 4) is 11.3 Å². The van der Waals surface area contributed by atoms with E-state index in [0.29, 0.717) is 5.82 Å². The topological polar surface area (TPSA) is 81.8 Å². The lowest BCUT2D eigenvalue weighted by atomic mass is 10.2. The number of nitrogens with zero attached hydrogens (tertiary/aromatic N) is 4. The van der Waals surface area contributed by atoms with E-state index in [4.69, 9.17) is 4.42 Å². The van der Waals surface area contributed by atoms with Crippen LogP contribution in [0, 0.1) is 0 Å². The first-order valence-electron chi connectivity index (χ1n) is 5.97. The average molecular weight is 266 g/mol. The van der Waals surface area contributed by atoms with Gasteiger partial charge in [0.25, 0.3) is 0 Å². The van der Waals surface area contributed by atoms with Crippen LogP contribution in [-0.2, 0) is 6.42 Å². The van der Waals surface area contributed by atoms with E-state index in [0.717, 1.165) is 11.3 Å². The molecule has 0 radical (unpaired) electrons. The molecule has 0 spiro atoms. The number of hydrogen-bond donors (Lipinski definition) is 0. The molecular weight excluding hydrogens is 256 g/mol. The van der Waals surface area contributed by atoms with E-state index in [9.17, 15) is 4.79 Å². The van der Waals surface area contributed by atoms with Crippen molar-refractivity contribution >= 4 is 5.78 Å². The van der Waals surface area contributed by atoms with E-state index < -0.39 is 0 Å². The molecule has 0 aromatic carbocycles. The summed E-state index contributed by atoms with van der Waals surface area (Å²) in [5.41, 5.74) is 1.60. The Labute approximate surface area is 114 Å². The second kappa shape index (κ2) is 5.40. The molecule has 3 rings (SSSR count). The molecule has 0 aliphatic rings. The van der Waals surface area contributed by atoms with Crippen LogP contribution in [0.3, 0.4) is 0 Å². The van der Waals surface area contributed by atoms with E-state index >= 15 is 0 Å². The number of hydrogen-bond acceptors (Lipinski definition) is 6. The number of Topliss-reactive ketones (excluding diaryl/α,β-unsaturated/α-hetero) is 1. The van der Waals surface area contributed by atoms with Gasteiger partial charge in [-0.25, -0.2) is 15.0 Å². The maximum absolute atomic E-state index is 11.8. The standard InChI is InChI=1S/C14H10N4O2/c19-12(13-8-15-9-20-13)5-14-17-6-10(7-18-14)11-3-1-2-4-16-11/h1-4,6-9H,5H2. The van der Waals surface area contributed by atoms with Crippen LogP contribution in [0.2, 0.25) is 0 Å². The molecule has 0 N–H and O–H groups in total. The molecule has 0 bridgehead atoms. The van der Waals surface area contributed by atoms with Crippen molar-refractivity contribution in [3.05, 3.63) is 61.0 Å². The van der Waals surface area contributed by atoms with Crippen molar-refractivity contribution in [2.75, 3.05) is 0 Å². The Kier molecular flexibility index (Phi) is 3.28. The molecule has 3 aromatic rings. The number of ketones is 1. The minimum absolute atomic E-state index is 0.0810. The van der Waals surface area contributed by atoms with E-state index in [1.807, 2.05) is 18.2 Å². The minimum Gasteiger partial charge on any atom is -0.440 e. The molecule has 0 aliphatic heterocycles. The summed E-state index contributed by atoms with van der Waals surface area (Å²) in [5.74, 6) is 0.446. The second-order valence-corrected chi connectivity index (χ2v) is 4.07. The van der Waals surface area contributed by atoms with Crippen LogP contribution in [0.5, 0.6) is 0 Å². The van der Waals surface area contributed by atoms with Crippen molar-refractivity contribution in [1.29, 1.82) is 0 Å². The summed E-state index contributed by atoms with van der Waals surface area (Å²) in [6, 6.07) is 5.61. The number of oxazole rings is 1. The van der Waals surface area contributed by atoms with Crippen LogP contribution in [0.4, 0.5) is 0 Å². The number of rotatable bonds is 4. The molecule has 3 aromatic heterocycles. The Morgan fingerprint density at radius 3 is 2.60 bits per heavy atom. The highest BCUT2D eigenvalue weighted by Gasteiger charge is 2.12. The van der Waals surface area contributed by atoms with Gasteiger partial charge < -0.3 is 4.42 Å². The molecule has 0 amide bonds. The summed E-state index contributed by atoms with van der Waals surface area (Å²) in [6.07, 6.45) is 7.69. The van der Waals surface area contributed by atoms with E-state index in [2.05, 4.69) is 19.9 Å². The third kappa shape index (κ3) is 2.59. The van der Waals surface area contributed by atoms with Crippen LogP contribution in [-0.4, -0.2) is 25.7 Å². The Hall–Kier alpha value is -2.89. The molecule has 98 valence electrons. The predicted molar refractivity (Wildman–Crippen MR) is 69.8 cm³/mol. The summed E-state index contributed by atoms with van der Waals surface area (Å²) < 4.78 is 4.93. The summed E-state index contributed by atoms with van der Waals surface area (Å²) in [5, 5.41) is 0. The fourth-order valence-corrected chi connectivity index (χ4v) is 1.70. The summed E-state index contributed by atoms with van der Waals surface area (Å²) in [6.45, 7) is 0. The first-order valence-corrected chi connectivity index (χ1v) is 5.97. The third-order valence-corrected chi connectivity index (χ3v) is 2.69. The maximum atomic E-state index is 11.8. The lowest BCUT2D eigenvalue weighted by Gasteiger charge is -2.01. The van der Waals surface area contributed by atoms with Crippen molar-refractivity contribution in [3.63, 3.8) is 0 Å². The van der Waals surface area contributed by atoms with Gasteiger partial charge in [-0.1, -0.05) is 6.07 Å². The highest BCUT2D eigenvalue weighted by molar-refractivity contribution is 5.94. The quantitative estimate of drug-likeness (QED) is 0.671. The Balaban J connectivity index is 1.75. The average Bonchev–Trinajstić information content (AvgIpc) is 3.03. The smallest absolute Gasteiger partial charge is 0.207 e. The first kappa shape index (κ1) is 12.2. The lowest BCUT2D eigenvalue weighted by molar-refractivity contribution is 0.0964. The van der Waals surface area contributed by atoms with Gasteiger partial charge in [0, 0.05) is 24.2 Å². The molecule has 0 fully saturated rings. The number of carbonyl (C=O) groups excluding carboxylic acids is 1. The molecule has 0 atom stereocenters. The highest BCUT2D eigenvalue weighted by Crippen LogP contribution is 2.13. The molecule has 0 saturated heterocycles. The van der Waals surface area contributed by atoms with Crippen LogP contribution in [0.15, 0.2) is 53.8 Å². The van der Waals surface area contributed by atoms with Gasteiger partial charge in [-0.3, -0.25) is 9.78 Å².